The molecule has 0 unspecified atom stereocenters. The number of nitrogen functional groups attached to an aromatic ring is 1. The van der Waals surface area contributed by atoms with E-state index in [1.165, 1.54) is 18.2 Å². The highest BCUT2D eigenvalue weighted by Crippen LogP contribution is 2.25. The first-order chi connectivity index (χ1) is 9.59. The number of para-hydroxylation sites is 1. The van der Waals surface area contributed by atoms with E-state index in [0.29, 0.717) is 10.8 Å². The first-order valence-corrected chi connectivity index (χ1v) is 6.32. The molecule has 2 aromatic carbocycles. The van der Waals surface area contributed by atoms with E-state index in [1.54, 1.807) is 24.3 Å². The minimum absolute atomic E-state index is 0.0255. The highest BCUT2D eigenvalue weighted by atomic mass is 35.5. The summed E-state index contributed by atoms with van der Waals surface area (Å²) < 4.78 is 15.1. The molecular formula is C15H10ClFN2O. The summed E-state index contributed by atoms with van der Waals surface area (Å²) in [6.45, 7) is 0. The van der Waals surface area contributed by atoms with Crippen molar-refractivity contribution in [3.63, 3.8) is 0 Å². The van der Waals surface area contributed by atoms with Crippen LogP contribution in [0.2, 0.25) is 5.02 Å². The van der Waals surface area contributed by atoms with Crippen molar-refractivity contribution in [1.82, 2.24) is 4.57 Å². The highest BCUT2D eigenvalue weighted by molar-refractivity contribution is 6.32. The molecule has 0 saturated carbocycles. The Hall–Kier alpha value is -2.33. The number of aromatic nitrogens is 1. The first-order valence-electron chi connectivity index (χ1n) is 5.94. The molecule has 1 aromatic heterocycles. The molecule has 3 aromatic rings. The molecule has 0 aliphatic carbocycles. The summed E-state index contributed by atoms with van der Waals surface area (Å²) in [7, 11) is 0. The van der Waals surface area contributed by atoms with Crippen LogP contribution in [0.1, 0.15) is 0 Å². The molecule has 0 amide bonds. The lowest BCUT2D eigenvalue weighted by Gasteiger charge is -2.13. The zero-order valence-electron chi connectivity index (χ0n) is 10.3. The van der Waals surface area contributed by atoms with E-state index in [2.05, 4.69) is 0 Å². The van der Waals surface area contributed by atoms with Gasteiger partial charge in [-0.15, -0.1) is 0 Å². The van der Waals surface area contributed by atoms with Crippen LogP contribution in [-0.4, -0.2) is 4.57 Å². The van der Waals surface area contributed by atoms with E-state index in [9.17, 15) is 9.18 Å². The number of anilines is 1. The quantitative estimate of drug-likeness (QED) is 0.746. The van der Waals surface area contributed by atoms with Crippen LogP contribution in [0.15, 0.2) is 53.3 Å². The maximum atomic E-state index is 14.0. The minimum Gasteiger partial charge on any atom is -0.385 e. The Bertz CT molecular complexity index is 853. The van der Waals surface area contributed by atoms with Crippen LogP contribution in [0.3, 0.4) is 0 Å². The van der Waals surface area contributed by atoms with E-state index < -0.39 is 11.4 Å². The molecule has 3 nitrogen and oxygen atoms in total. The average molecular weight is 289 g/mol. The van der Waals surface area contributed by atoms with Crippen molar-refractivity contribution in [2.45, 2.75) is 0 Å². The number of nitrogens with two attached hydrogens (primary N) is 1. The Kier molecular flexibility index (Phi) is 2.95. The van der Waals surface area contributed by atoms with Crippen molar-refractivity contribution in [1.29, 1.82) is 0 Å². The van der Waals surface area contributed by atoms with Crippen molar-refractivity contribution in [3.8, 4) is 5.69 Å². The second kappa shape index (κ2) is 4.65. The predicted octanol–water partition coefficient (Wildman–Crippen LogP) is 3.37. The van der Waals surface area contributed by atoms with Gasteiger partial charge in [-0.2, -0.15) is 0 Å². The molecule has 20 heavy (non-hydrogen) atoms. The third-order valence-corrected chi connectivity index (χ3v) is 3.42. The van der Waals surface area contributed by atoms with Crippen molar-refractivity contribution in [2.75, 3.05) is 5.73 Å². The standard InChI is InChI=1S/C15H10ClFN2O/c16-11-6-3-7-12(17)14(11)19-13(18)8-9-4-1-2-5-10(9)15(19)20/h1-8H,18H2. The van der Waals surface area contributed by atoms with Gasteiger partial charge in [0.2, 0.25) is 0 Å². The second-order valence-corrected chi connectivity index (χ2v) is 4.77. The largest absolute Gasteiger partial charge is 0.385 e. The van der Waals surface area contributed by atoms with Gasteiger partial charge in [0.25, 0.3) is 5.56 Å². The number of benzene rings is 2. The Morgan fingerprint density at radius 2 is 1.85 bits per heavy atom. The lowest BCUT2D eigenvalue weighted by atomic mass is 10.1. The van der Waals surface area contributed by atoms with E-state index in [1.807, 2.05) is 6.07 Å². The fraction of sp³-hybridized carbons (Fsp3) is 0. The van der Waals surface area contributed by atoms with Gasteiger partial charge < -0.3 is 5.73 Å². The monoisotopic (exact) mass is 288 g/mol. The summed E-state index contributed by atoms with van der Waals surface area (Å²) in [5.41, 5.74) is 5.47. The number of rotatable bonds is 1. The maximum absolute atomic E-state index is 14.0. The Morgan fingerprint density at radius 3 is 2.60 bits per heavy atom. The van der Waals surface area contributed by atoms with Crippen LogP contribution in [0.25, 0.3) is 16.5 Å². The molecule has 0 fully saturated rings. The Balaban J connectivity index is 2.46. The number of nitrogens with zero attached hydrogens (tertiary/aromatic N) is 1. The summed E-state index contributed by atoms with van der Waals surface area (Å²) >= 11 is 6.00. The number of halogens is 2. The molecule has 100 valence electrons. The lowest BCUT2D eigenvalue weighted by Crippen LogP contribution is -2.22. The number of hydrogen-bond acceptors (Lipinski definition) is 2. The van der Waals surface area contributed by atoms with Crippen LogP contribution in [0.5, 0.6) is 0 Å². The fourth-order valence-electron chi connectivity index (χ4n) is 2.21. The van der Waals surface area contributed by atoms with Crippen molar-refractivity contribution >= 4 is 28.2 Å². The number of pyridine rings is 1. The van der Waals surface area contributed by atoms with Gasteiger partial charge in [-0.1, -0.05) is 35.9 Å². The molecule has 0 atom stereocenters. The first kappa shape index (κ1) is 12.7. The van der Waals surface area contributed by atoms with Crippen LogP contribution in [-0.2, 0) is 0 Å². The van der Waals surface area contributed by atoms with Gasteiger partial charge in [0.15, 0.2) is 0 Å². The number of hydrogen-bond donors (Lipinski definition) is 1. The summed E-state index contributed by atoms with van der Waals surface area (Å²) in [5.74, 6) is -0.456. The van der Waals surface area contributed by atoms with Crippen LogP contribution < -0.4 is 11.3 Å². The van der Waals surface area contributed by atoms with Crippen LogP contribution >= 0.6 is 11.6 Å². The smallest absolute Gasteiger partial charge is 0.264 e. The second-order valence-electron chi connectivity index (χ2n) is 4.37. The molecule has 0 aliphatic heterocycles. The average Bonchev–Trinajstić information content (AvgIpc) is 2.42. The zero-order valence-corrected chi connectivity index (χ0v) is 11.1. The molecular weight excluding hydrogens is 279 g/mol. The molecule has 0 bridgehead atoms. The molecule has 3 rings (SSSR count). The summed E-state index contributed by atoms with van der Waals surface area (Å²) in [5, 5.41) is 1.30. The van der Waals surface area contributed by atoms with Gasteiger partial charge in [-0.05, 0) is 29.7 Å². The summed E-state index contributed by atoms with van der Waals surface area (Å²) in [4.78, 5) is 12.5. The van der Waals surface area contributed by atoms with Gasteiger partial charge in [0.1, 0.15) is 17.3 Å². The molecule has 1 heterocycles. The van der Waals surface area contributed by atoms with E-state index >= 15 is 0 Å². The normalized spacial score (nSPS) is 10.9. The van der Waals surface area contributed by atoms with E-state index in [4.69, 9.17) is 17.3 Å². The fourth-order valence-corrected chi connectivity index (χ4v) is 2.46. The van der Waals surface area contributed by atoms with Gasteiger partial charge in [-0.3, -0.25) is 9.36 Å². The van der Waals surface area contributed by atoms with Crippen molar-refractivity contribution in [3.05, 3.63) is 69.7 Å². The third-order valence-electron chi connectivity index (χ3n) is 3.12. The molecule has 5 heteroatoms. The van der Waals surface area contributed by atoms with Gasteiger partial charge in [-0.25, -0.2) is 4.39 Å². The zero-order chi connectivity index (χ0) is 14.3. The highest BCUT2D eigenvalue weighted by Gasteiger charge is 2.15. The molecule has 0 radical (unpaired) electrons. The van der Waals surface area contributed by atoms with Gasteiger partial charge in [0, 0.05) is 5.39 Å². The molecule has 0 spiro atoms. The topological polar surface area (TPSA) is 48.0 Å². The third kappa shape index (κ3) is 1.85. The SMILES string of the molecule is Nc1cc2ccccc2c(=O)n1-c1c(F)cccc1Cl. The lowest BCUT2D eigenvalue weighted by molar-refractivity contribution is 0.617. The maximum Gasteiger partial charge on any atom is 0.264 e. The summed E-state index contributed by atoms with van der Waals surface area (Å²) in [6, 6.07) is 12.9. The van der Waals surface area contributed by atoms with Gasteiger partial charge >= 0.3 is 0 Å². The minimum atomic E-state index is -0.596. The van der Waals surface area contributed by atoms with Crippen molar-refractivity contribution in [2.24, 2.45) is 0 Å². The van der Waals surface area contributed by atoms with E-state index in [0.717, 1.165) is 4.57 Å². The summed E-state index contributed by atoms with van der Waals surface area (Å²) in [6.07, 6.45) is 0. The molecule has 2 N–H and O–H groups in total. The van der Waals surface area contributed by atoms with Crippen molar-refractivity contribution < 1.29 is 4.39 Å². The molecule has 0 saturated heterocycles. The Labute approximate surface area is 119 Å². The van der Waals surface area contributed by atoms with Crippen LogP contribution in [0, 0.1) is 5.82 Å². The molecule has 0 aliphatic rings. The Morgan fingerprint density at radius 1 is 1.10 bits per heavy atom. The van der Waals surface area contributed by atoms with Gasteiger partial charge in [0.05, 0.1) is 5.02 Å². The van der Waals surface area contributed by atoms with Crippen LogP contribution in [0.4, 0.5) is 10.2 Å². The predicted molar refractivity (Wildman–Crippen MR) is 78.9 cm³/mol. The van der Waals surface area contributed by atoms with E-state index in [-0.39, 0.29) is 16.5 Å². The number of fused-ring (bicyclic) bond motifs is 1.